The molecular formula is C23H25ClN4O2. The first-order valence-electron chi connectivity index (χ1n) is 10.1. The molecule has 0 aliphatic carbocycles. The molecule has 3 N–H and O–H groups in total. The molecule has 1 amide bonds. The van der Waals surface area contributed by atoms with E-state index in [1.165, 1.54) is 0 Å². The second-order valence-electron chi connectivity index (χ2n) is 7.58. The molecule has 0 radical (unpaired) electrons. The van der Waals surface area contributed by atoms with Crippen LogP contribution in [0.15, 0.2) is 54.7 Å². The first kappa shape index (κ1) is 20.6. The zero-order chi connectivity index (χ0) is 20.9. The minimum Gasteiger partial charge on any atom is -0.392 e. The fourth-order valence-corrected chi connectivity index (χ4v) is 4.08. The van der Waals surface area contributed by atoms with Crippen LogP contribution in [0.1, 0.15) is 18.4 Å². The third-order valence-corrected chi connectivity index (χ3v) is 5.69. The van der Waals surface area contributed by atoms with Crippen LogP contribution in [0, 0.1) is 0 Å². The van der Waals surface area contributed by atoms with Gasteiger partial charge >= 0.3 is 0 Å². The Morgan fingerprint density at radius 2 is 1.93 bits per heavy atom. The lowest BCUT2D eigenvalue weighted by molar-refractivity contribution is -0.117. The molecule has 4 rings (SSSR count). The second kappa shape index (κ2) is 9.43. The summed E-state index contributed by atoms with van der Waals surface area (Å²) < 4.78 is 0. The Morgan fingerprint density at radius 1 is 1.13 bits per heavy atom. The van der Waals surface area contributed by atoms with Gasteiger partial charge in [-0.2, -0.15) is 0 Å². The van der Waals surface area contributed by atoms with Gasteiger partial charge in [0.1, 0.15) is 0 Å². The van der Waals surface area contributed by atoms with Gasteiger partial charge in [0.05, 0.1) is 24.4 Å². The van der Waals surface area contributed by atoms with Crippen LogP contribution in [0.2, 0.25) is 5.02 Å². The highest BCUT2D eigenvalue weighted by molar-refractivity contribution is 6.30. The number of hydrogen-bond acceptors (Lipinski definition) is 5. The predicted molar refractivity (Wildman–Crippen MR) is 121 cm³/mol. The quantitative estimate of drug-likeness (QED) is 0.559. The maximum atomic E-state index is 12.6. The number of nitrogens with one attached hydrogen (secondary N) is 2. The number of para-hydroxylation sites is 1. The van der Waals surface area contributed by atoms with Crippen LogP contribution in [-0.2, 0) is 11.4 Å². The standard InChI is InChI=1S/C23H25ClN4O2/c24-18-6-7-20(17(13-18)15-29)26-19-8-11-28(12-9-19)14-22(30)27-21-5-1-3-16-4-2-10-25-23(16)21/h1-7,10,13,19,26,29H,8-9,11-12,14-15H2,(H,27,30). The number of pyridine rings is 1. The van der Waals surface area contributed by atoms with Crippen molar-refractivity contribution in [2.24, 2.45) is 0 Å². The second-order valence-corrected chi connectivity index (χ2v) is 8.02. The number of hydrogen-bond donors (Lipinski definition) is 3. The molecule has 0 unspecified atom stereocenters. The molecule has 2 heterocycles. The summed E-state index contributed by atoms with van der Waals surface area (Å²) >= 11 is 6.01. The molecule has 6 nitrogen and oxygen atoms in total. The van der Waals surface area contributed by atoms with Crippen LogP contribution < -0.4 is 10.6 Å². The number of fused-ring (bicyclic) bond motifs is 1. The van der Waals surface area contributed by atoms with Gasteiger partial charge in [0.15, 0.2) is 0 Å². The number of nitrogens with zero attached hydrogens (tertiary/aromatic N) is 2. The predicted octanol–water partition coefficient (Wildman–Crippen LogP) is 3.90. The number of likely N-dealkylation sites (tertiary alicyclic amines) is 1. The molecule has 0 bridgehead atoms. The highest BCUT2D eigenvalue weighted by Gasteiger charge is 2.21. The Balaban J connectivity index is 1.30. The van der Waals surface area contributed by atoms with Gasteiger partial charge < -0.3 is 15.7 Å². The SMILES string of the molecule is O=C(CN1CCC(Nc2ccc(Cl)cc2CO)CC1)Nc1cccc2cccnc12. The van der Waals surface area contributed by atoms with E-state index in [4.69, 9.17) is 11.6 Å². The number of amides is 1. The van der Waals surface area contributed by atoms with Crippen molar-refractivity contribution in [3.63, 3.8) is 0 Å². The maximum absolute atomic E-state index is 12.6. The summed E-state index contributed by atoms with van der Waals surface area (Å²) in [7, 11) is 0. The molecule has 156 valence electrons. The van der Waals surface area contributed by atoms with Crippen LogP contribution in [0.25, 0.3) is 10.9 Å². The summed E-state index contributed by atoms with van der Waals surface area (Å²) in [5, 5.41) is 17.7. The van der Waals surface area contributed by atoms with Gasteiger partial charge in [-0.3, -0.25) is 14.7 Å². The zero-order valence-electron chi connectivity index (χ0n) is 16.6. The van der Waals surface area contributed by atoms with Crippen LogP contribution >= 0.6 is 11.6 Å². The van der Waals surface area contributed by atoms with Gasteiger partial charge in [0.25, 0.3) is 0 Å². The number of benzene rings is 2. The van der Waals surface area contributed by atoms with Crippen LogP contribution in [0.5, 0.6) is 0 Å². The fourth-order valence-electron chi connectivity index (χ4n) is 3.89. The lowest BCUT2D eigenvalue weighted by Crippen LogP contribution is -2.42. The molecule has 2 aromatic carbocycles. The van der Waals surface area contributed by atoms with Gasteiger partial charge in [-0.1, -0.05) is 29.8 Å². The van der Waals surface area contributed by atoms with Gasteiger partial charge in [-0.25, -0.2) is 0 Å². The van der Waals surface area contributed by atoms with E-state index in [9.17, 15) is 9.90 Å². The monoisotopic (exact) mass is 424 g/mol. The van der Waals surface area contributed by atoms with Crippen LogP contribution in [-0.4, -0.2) is 46.6 Å². The molecule has 0 atom stereocenters. The summed E-state index contributed by atoms with van der Waals surface area (Å²) in [4.78, 5) is 19.1. The molecule has 1 aliphatic rings. The van der Waals surface area contributed by atoms with Crippen molar-refractivity contribution < 1.29 is 9.90 Å². The number of aromatic nitrogens is 1. The maximum Gasteiger partial charge on any atom is 0.238 e. The Labute approximate surface area is 180 Å². The van der Waals surface area contributed by atoms with E-state index in [0.717, 1.165) is 53.8 Å². The highest BCUT2D eigenvalue weighted by atomic mass is 35.5. The normalized spacial score (nSPS) is 15.3. The van der Waals surface area contributed by atoms with Crippen molar-refractivity contribution in [2.45, 2.75) is 25.5 Å². The average molecular weight is 425 g/mol. The fraction of sp³-hybridized carbons (Fsp3) is 0.304. The summed E-state index contributed by atoms with van der Waals surface area (Å²) in [6.45, 7) is 1.98. The van der Waals surface area contributed by atoms with Gasteiger partial charge in [-0.15, -0.1) is 0 Å². The van der Waals surface area contributed by atoms with Crippen molar-refractivity contribution in [3.8, 4) is 0 Å². The summed E-state index contributed by atoms with van der Waals surface area (Å²) in [6.07, 6.45) is 3.59. The van der Waals surface area contributed by atoms with Crippen molar-refractivity contribution in [3.05, 3.63) is 65.3 Å². The molecule has 1 aliphatic heterocycles. The molecule has 0 saturated carbocycles. The van der Waals surface area contributed by atoms with E-state index in [0.29, 0.717) is 17.6 Å². The lowest BCUT2D eigenvalue weighted by Gasteiger charge is -2.32. The van der Waals surface area contributed by atoms with E-state index in [1.54, 1.807) is 12.3 Å². The molecular weight excluding hydrogens is 400 g/mol. The van der Waals surface area contributed by atoms with Gasteiger partial charge in [0, 0.05) is 47.0 Å². The number of anilines is 2. The Kier molecular flexibility index (Phi) is 6.47. The van der Waals surface area contributed by atoms with Crippen LogP contribution in [0.4, 0.5) is 11.4 Å². The van der Waals surface area contributed by atoms with Gasteiger partial charge in [-0.05, 0) is 43.2 Å². The van der Waals surface area contributed by atoms with E-state index in [-0.39, 0.29) is 12.5 Å². The number of halogens is 1. The molecule has 3 aromatic rings. The molecule has 0 spiro atoms. The minimum absolute atomic E-state index is 0.0279. The number of rotatable bonds is 6. The highest BCUT2D eigenvalue weighted by Crippen LogP contribution is 2.24. The number of carbonyl (C=O) groups excluding carboxylic acids is 1. The Morgan fingerprint density at radius 3 is 2.73 bits per heavy atom. The van der Waals surface area contributed by atoms with E-state index in [1.807, 2.05) is 42.5 Å². The minimum atomic E-state index is -0.0507. The smallest absolute Gasteiger partial charge is 0.238 e. The first-order chi connectivity index (χ1) is 14.6. The van der Waals surface area contributed by atoms with Crippen molar-refractivity contribution >= 4 is 39.8 Å². The molecule has 30 heavy (non-hydrogen) atoms. The van der Waals surface area contributed by atoms with Crippen molar-refractivity contribution in [1.29, 1.82) is 0 Å². The molecule has 1 fully saturated rings. The first-order valence-corrected chi connectivity index (χ1v) is 10.5. The molecule has 7 heteroatoms. The number of carbonyl (C=O) groups is 1. The van der Waals surface area contributed by atoms with Gasteiger partial charge in [0.2, 0.25) is 5.91 Å². The summed E-state index contributed by atoms with van der Waals surface area (Å²) in [6, 6.07) is 15.5. The Hall–Kier alpha value is -2.67. The van der Waals surface area contributed by atoms with E-state index in [2.05, 4.69) is 20.5 Å². The van der Waals surface area contributed by atoms with Crippen LogP contribution in [0.3, 0.4) is 0 Å². The summed E-state index contributed by atoms with van der Waals surface area (Å²) in [5.41, 5.74) is 3.27. The van der Waals surface area contributed by atoms with Crippen molar-refractivity contribution in [2.75, 3.05) is 30.3 Å². The number of aliphatic hydroxyl groups excluding tert-OH is 1. The largest absolute Gasteiger partial charge is 0.392 e. The molecule has 1 aromatic heterocycles. The average Bonchev–Trinajstić information content (AvgIpc) is 2.76. The third kappa shape index (κ3) is 4.90. The molecule has 1 saturated heterocycles. The number of aliphatic hydroxyl groups is 1. The Bertz CT molecular complexity index is 1030. The third-order valence-electron chi connectivity index (χ3n) is 5.46. The van der Waals surface area contributed by atoms with E-state index < -0.39 is 0 Å². The number of piperidine rings is 1. The van der Waals surface area contributed by atoms with Crippen molar-refractivity contribution in [1.82, 2.24) is 9.88 Å². The lowest BCUT2D eigenvalue weighted by atomic mass is 10.0. The zero-order valence-corrected chi connectivity index (χ0v) is 17.4. The van der Waals surface area contributed by atoms with E-state index >= 15 is 0 Å². The topological polar surface area (TPSA) is 77.5 Å². The summed E-state index contributed by atoms with van der Waals surface area (Å²) in [5.74, 6) is -0.0279.